The number of aliphatic hydroxyl groups is 1. The van der Waals surface area contributed by atoms with Crippen LogP contribution in [0.1, 0.15) is 17.8 Å². The second-order valence-corrected chi connectivity index (χ2v) is 7.34. The SMILES string of the molecule is O=C(CSc1ccc2ccccc2c1)N1CCOC(c2n[nH]c(CO)n2)C1. The lowest BCUT2D eigenvalue weighted by Gasteiger charge is -2.31. The third-order valence-corrected chi connectivity index (χ3v) is 5.47. The maximum Gasteiger partial charge on any atom is 0.233 e. The zero-order valence-electron chi connectivity index (χ0n) is 14.7. The largest absolute Gasteiger partial charge is 0.388 e. The van der Waals surface area contributed by atoms with Crippen LogP contribution >= 0.6 is 11.8 Å². The van der Waals surface area contributed by atoms with Crippen molar-refractivity contribution in [3.05, 3.63) is 54.1 Å². The number of carbonyl (C=O) groups is 1. The summed E-state index contributed by atoms with van der Waals surface area (Å²) < 4.78 is 5.69. The molecule has 4 rings (SSSR count). The van der Waals surface area contributed by atoms with E-state index in [9.17, 15) is 4.79 Å². The van der Waals surface area contributed by atoms with Gasteiger partial charge in [-0.3, -0.25) is 9.89 Å². The van der Waals surface area contributed by atoms with Crippen LogP contribution in [-0.2, 0) is 16.1 Å². The Kier molecular flexibility index (Phi) is 5.38. The number of fused-ring (bicyclic) bond motifs is 1. The van der Waals surface area contributed by atoms with Crippen molar-refractivity contribution in [1.29, 1.82) is 0 Å². The van der Waals surface area contributed by atoms with Crippen molar-refractivity contribution in [3.8, 4) is 0 Å². The molecule has 1 aliphatic rings. The van der Waals surface area contributed by atoms with Crippen molar-refractivity contribution < 1.29 is 14.6 Å². The minimum Gasteiger partial charge on any atom is -0.388 e. The normalized spacial score (nSPS) is 17.4. The van der Waals surface area contributed by atoms with E-state index in [1.165, 1.54) is 22.5 Å². The summed E-state index contributed by atoms with van der Waals surface area (Å²) in [6.45, 7) is 1.22. The highest BCUT2D eigenvalue weighted by atomic mass is 32.2. The molecular formula is C19H20N4O3S. The van der Waals surface area contributed by atoms with Crippen LogP contribution in [0.15, 0.2) is 47.4 Å². The number of aromatic amines is 1. The predicted molar refractivity (Wildman–Crippen MR) is 102 cm³/mol. The molecule has 1 aliphatic heterocycles. The molecule has 1 saturated heterocycles. The molecule has 1 atom stereocenters. The monoisotopic (exact) mass is 384 g/mol. The van der Waals surface area contributed by atoms with Crippen LogP contribution in [0, 0.1) is 0 Å². The van der Waals surface area contributed by atoms with Crippen LogP contribution < -0.4 is 0 Å². The van der Waals surface area contributed by atoms with Gasteiger partial charge in [0, 0.05) is 11.4 Å². The van der Waals surface area contributed by atoms with Gasteiger partial charge in [-0.15, -0.1) is 11.8 Å². The molecule has 3 aromatic rings. The highest BCUT2D eigenvalue weighted by Gasteiger charge is 2.28. The summed E-state index contributed by atoms with van der Waals surface area (Å²) in [6.07, 6.45) is -0.370. The molecule has 8 heteroatoms. The number of hydrogen-bond donors (Lipinski definition) is 2. The lowest BCUT2D eigenvalue weighted by atomic mass is 10.1. The molecule has 140 valence electrons. The van der Waals surface area contributed by atoms with E-state index in [4.69, 9.17) is 9.84 Å². The minimum absolute atomic E-state index is 0.0689. The number of H-pyrrole nitrogens is 1. The van der Waals surface area contributed by atoms with Gasteiger partial charge in [-0.25, -0.2) is 4.98 Å². The molecule has 2 heterocycles. The van der Waals surface area contributed by atoms with Crippen molar-refractivity contribution in [2.75, 3.05) is 25.4 Å². The van der Waals surface area contributed by atoms with Gasteiger partial charge in [0.2, 0.25) is 5.91 Å². The first kappa shape index (κ1) is 18.0. The smallest absolute Gasteiger partial charge is 0.233 e. The maximum atomic E-state index is 12.6. The lowest BCUT2D eigenvalue weighted by molar-refractivity contribution is -0.136. The van der Waals surface area contributed by atoms with E-state index < -0.39 is 0 Å². The van der Waals surface area contributed by atoms with Gasteiger partial charge in [0.25, 0.3) is 0 Å². The third kappa shape index (κ3) is 4.13. The number of rotatable bonds is 5. The summed E-state index contributed by atoms with van der Waals surface area (Å²) in [4.78, 5) is 19.7. The summed E-state index contributed by atoms with van der Waals surface area (Å²) in [7, 11) is 0. The van der Waals surface area contributed by atoms with E-state index in [0.29, 0.717) is 37.1 Å². The van der Waals surface area contributed by atoms with E-state index in [0.717, 1.165) is 4.90 Å². The molecule has 7 nitrogen and oxygen atoms in total. The topological polar surface area (TPSA) is 91.3 Å². The molecule has 0 spiro atoms. The highest BCUT2D eigenvalue weighted by molar-refractivity contribution is 8.00. The van der Waals surface area contributed by atoms with Crippen LogP contribution in [-0.4, -0.2) is 56.5 Å². The van der Waals surface area contributed by atoms with E-state index in [1.54, 1.807) is 4.90 Å². The fourth-order valence-electron chi connectivity index (χ4n) is 3.05. The van der Waals surface area contributed by atoms with Gasteiger partial charge >= 0.3 is 0 Å². The zero-order chi connectivity index (χ0) is 18.6. The molecule has 0 bridgehead atoms. The highest BCUT2D eigenvalue weighted by Crippen LogP contribution is 2.25. The molecule has 1 unspecified atom stereocenters. The molecule has 1 amide bonds. The average molecular weight is 384 g/mol. The van der Waals surface area contributed by atoms with Crippen molar-refractivity contribution in [3.63, 3.8) is 0 Å². The van der Waals surface area contributed by atoms with Crippen molar-refractivity contribution in [2.45, 2.75) is 17.6 Å². The Bertz CT molecular complexity index is 945. The van der Waals surface area contributed by atoms with Crippen molar-refractivity contribution in [1.82, 2.24) is 20.1 Å². The van der Waals surface area contributed by atoms with E-state index in [-0.39, 0.29) is 18.6 Å². The van der Waals surface area contributed by atoms with E-state index in [2.05, 4.69) is 39.4 Å². The Balaban J connectivity index is 1.37. The first-order valence-electron chi connectivity index (χ1n) is 8.76. The van der Waals surface area contributed by atoms with Gasteiger partial charge < -0.3 is 14.7 Å². The molecule has 0 aliphatic carbocycles. The van der Waals surface area contributed by atoms with Gasteiger partial charge in [0.15, 0.2) is 5.82 Å². The Labute approximate surface area is 160 Å². The molecule has 2 aromatic carbocycles. The number of ether oxygens (including phenoxy) is 1. The first-order valence-corrected chi connectivity index (χ1v) is 9.74. The molecule has 0 saturated carbocycles. The van der Waals surface area contributed by atoms with Crippen LogP contribution in [0.5, 0.6) is 0 Å². The van der Waals surface area contributed by atoms with Gasteiger partial charge in [0.1, 0.15) is 18.5 Å². The molecule has 1 fully saturated rings. The number of nitrogens with zero attached hydrogens (tertiary/aromatic N) is 3. The summed E-state index contributed by atoms with van der Waals surface area (Å²) in [6, 6.07) is 14.4. The quantitative estimate of drug-likeness (QED) is 0.655. The van der Waals surface area contributed by atoms with Gasteiger partial charge in [-0.05, 0) is 22.9 Å². The lowest BCUT2D eigenvalue weighted by Crippen LogP contribution is -2.43. The zero-order valence-corrected chi connectivity index (χ0v) is 15.5. The molecule has 0 radical (unpaired) electrons. The van der Waals surface area contributed by atoms with Crippen LogP contribution in [0.3, 0.4) is 0 Å². The molecule has 27 heavy (non-hydrogen) atoms. The summed E-state index contributed by atoms with van der Waals surface area (Å²) in [5, 5.41) is 18.2. The van der Waals surface area contributed by atoms with Gasteiger partial charge in [-0.2, -0.15) is 5.10 Å². The number of aromatic nitrogens is 3. The fraction of sp³-hybridized carbons (Fsp3) is 0.316. The van der Waals surface area contributed by atoms with Crippen LogP contribution in [0.2, 0.25) is 0 Å². The number of thioether (sulfide) groups is 1. The second kappa shape index (κ2) is 8.08. The van der Waals surface area contributed by atoms with E-state index in [1.807, 2.05) is 18.2 Å². The van der Waals surface area contributed by atoms with E-state index >= 15 is 0 Å². The third-order valence-electron chi connectivity index (χ3n) is 4.49. The van der Waals surface area contributed by atoms with Gasteiger partial charge in [-0.1, -0.05) is 30.3 Å². The number of carbonyl (C=O) groups excluding carboxylic acids is 1. The summed E-state index contributed by atoms with van der Waals surface area (Å²) >= 11 is 1.54. The Morgan fingerprint density at radius 2 is 2.15 bits per heavy atom. The number of amides is 1. The Morgan fingerprint density at radius 1 is 1.30 bits per heavy atom. The second-order valence-electron chi connectivity index (χ2n) is 6.30. The van der Waals surface area contributed by atoms with Crippen molar-refractivity contribution >= 4 is 28.4 Å². The van der Waals surface area contributed by atoms with Crippen molar-refractivity contribution in [2.24, 2.45) is 0 Å². The first-order chi connectivity index (χ1) is 13.2. The van der Waals surface area contributed by atoms with Gasteiger partial charge in [0.05, 0.1) is 18.9 Å². The average Bonchev–Trinajstić information content (AvgIpc) is 3.21. The number of nitrogens with one attached hydrogen (secondary N) is 1. The van der Waals surface area contributed by atoms with Crippen LogP contribution in [0.4, 0.5) is 0 Å². The standard InChI is InChI=1S/C19H20N4O3S/c24-11-17-20-19(22-21-17)16-10-23(7-8-26-16)18(25)12-27-15-6-5-13-3-1-2-4-14(13)9-15/h1-6,9,16,24H,7-8,10-12H2,(H,20,21,22). The Morgan fingerprint density at radius 3 is 2.96 bits per heavy atom. The number of aliphatic hydroxyl groups excluding tert-OH is 1. The number of hydrogen-bond acceptors (Lipinski definition) is 6. The molecule has 2 N–H and O–H groups in total. The minimum atomic E-state index is -0.370. The Hall–Kier alpha value is -2.42. The summed E-state index contributed by atoms with van der Waals surface area (Å²) in [5.74, 6) is 1.31. The maximum absolute atomic E-state index is 12.6. The number of morpholine rings is 1. The van der Waals surface area contributed by atoms with Crippen LogP contribution in [0.25, 0.3) is 10.8 Å². The molecular weight excluding hydrogens is 364 g/mol. The summed E-state index contributed by atoms with van der Waals surface area (Å²) in [5.41, 5.74) is 0. The predicted octanol–water partition coefficient (Wildman–Crippen LogP) is 2.14. The molecule has 1 aromatic heterocycles. The fourth-order valence-corrected chi connectivity index (χ4v) is 3.90. The number of benzene rings is 2.